The number of carbonyl (C=O) groups excluding carboxylic acids is 1. The van der Waals surface area contributed by atoms with Crippen LogP contribution in [-0.4, -0.2) is 88.3 Å². The average Bonchev–Trinajstić information content (AvgIpc) is 3.70. The Balaban J connectivity index is 1.23. The highest BCUT2D eigenvalue weighted by Gasteiger charge is 2.31. The number of nitrogens with one attached hydrogen (secondary N) is 2. The third kappa shape index (κ3) is 4.89. The maximum absolute atomic E-state index is 13.2. The second kappa shape index (κ2) is 10.4. The number of pyridine rings is 2. The van der Waals surface area contributed by atoms with E-state index in [1.165, 1.54) is 24.0 Å². The molecule has 210 valence electrons. The van der Waals surface area contributed by atoms with Gasteiger partial charge in [-0.05, 0) is 45.7 Å². The van der Waals surface area contributed by atoms with Gasteiger partial charge in [-0.25, -0.2) is 4.52 Å². The molecule has 0 spiro atoms. The summed E-state index contributed by atoms with van der Waals surface area (Å²) in [7, 11) is 0. The predicted octanol–water partition coefficient (Wildman–Crippen LogP) is 2.00. The first-order chi connectivity index (χ1) is 19.2. The van der Waals surface area contributed by atoms with Gasteiger partial charge in [0.05, 0.1) is 34.9 Å². The van der Waals surface area contributed by atoms with Crippen molar-refractivity contribution in [1.29, 1.82) is 0 Å². The number of aromatic nitrogens is 6. The van der Waals surface area contributed by atoms with Crippen LogP contribution in [0.5, 0.6) is 0 Å². The molecular formula is C27H32N8O4S. The van der Waals surface area contributed by atoms with Gasteiger partial charge in [-0.15, -0.1) is 11.3 Å². The number of aryl methyl sites for hydroxylation is 1. The number of aliphatic hydroxyl groups excluding tert-OH is 2. The van der Waals surface area contributed by atoms with Crippen molar-refractivity contribution in [2.45, 2.75) is 51.3 Å². The van der Waals surface area contributed by atoms with E-state index in [1.54, 1.807) is 21.5 Å². The molecule has 0 aliphatic carbocycles. The highest BCUT2D eigenvalue weighted by atomic mass is 32.1. The normalized spacial score (nSPS) is 16.4. The molecule has 1 aliphatic heterocycles. The maximum atomic E-state index is 13.2. The lowest BCUT2D eigenvalue weighted by Crippen LogP contribution is -2.43. The predicted molar refractivity (Wildman–Crippen MR) is 153 cm³/mol. The van der Waals surface area contributed by atoms with Crippen LogP contribution in [0.25, 0.3) is 37.2 Å². The molecule has 0 aromatic carbocycles. The van der Waals surface area contributed by atoms with Gasteiger partial charge in [-0.2, -0.15) is 10.2 Å². The quantitative estimate of drug-likeness (QED) is 0.212. The van der Waals surface area contributed by atoms with Crippen LogP contribution < -0.4 is 10.9 Å². The molecule has 1 amide bonds. The zero-order chi connectivity index (χ0) is 28.0. The van der Waals surface area contributed by atoms with E-state index >= 15 is 0 Å². The zero-order valence-corrected chi connectivity index (χ0v) is 23.2. The number of amides is 1. The standard InChI is InChI=1S/C27H32N8O4S/c1-27(2)5-3-7-33(27)9-6-28-24(38)16-10-19-22(29-11-16)23-21(25(39)31-19)26-35(32-23)14-20(40-26)17-12-30-34(13-17)8-4-18(37)15-36/h10-14,18,36-37H,3-9,15H2,1-2H3,(H,28,38)(H,31,39). The number of hydrogen-bond donors (Lipinski definition) is 4. The maximum Gasteiger partial charge on any atom is 0.261 e. The van der Waals surface area contributed by atoms with E-state index in [1.807, 2.05) is 12.4 Å². The molecular weight excluding hydrogens is 532 g/mol. The van der Waals surface area contributed by atoms with E-state index in [0.29, 0.717) is 51.8 Å². The Morgan fingerprint density at radius 1 is 1.25 bits per heavy atom. The highest BCUT2D eigenvalue weighted by molar-refractivity contribution is 7.21. The van der Waals surface area contributed by atoms with Gasteiger partial charge >= 0.3 is 0 Å². The zero-order valence-electron chi connectivity index (χ0n) is 22.4. The second-order valence-electron chi connectivity index (χ2n) is 10.9. The number of likely N-dealkylation sites (tertiary alicyclic amines) is 1. The number of thiazole rings is 1. The molecule has 6 heterocycles. The van der Waals surface area contributed by atoms with Crippen molar-refractivity contribution >= 4 is 44.0 Å². The van der Waals surface area contributed by atoms with Crippen molar-refractivity contribution < 1.29 is 15.0 Å². The number of rotatable bonds is 9. The van der Waals surface area contributed by atoms with Crippen LogP contribution in [0.1, 0.15) is 43.5 Å². The summed E-state index contributed by atoms with van der Waals surface area (Å²) in [5.74, 6) is -0.228. The van der Waals surface area contributed by atoms with E-state index in [2.05, 4.69) is 44.2 Å². The second-order valence-corrected chi connectivity index (χ2v) is 11.9. The molecule has 1 aliphatic rings. The number of nitrogens with zero attached hydrogens (tertiary/aromatic N) is 6. The van der Waals surface area contributed by atoms with Gasteiger partial charge in [0, 0.05) is 49.3 Å². The fraction of sp³-hybridized carbons (Fsp3) is 0.444. The smallest absolute Gasteiger partial charge is 0.261 e. The summed E-state index contributed by atoms with van der Waals surface area (Å²) in [4.78, 5) is 37.4. The summed E-state index contributed by atoms with van der Waals surface area (Å²) in [6.45, 7) is 7.03. The van der Waals surface area contributed by atoms with Gasteiger partial charge in [-0.1, -0.05) is 0 Å². The third-order valence-corrected chi connectivity index (χ3v) is 8.87. The molecule has 1 saturated heterocycles. The molecule has 40 heavy (non-hydrogen) atoms. The lowest BCUT2D eigenvalue weighted by molar-refractivity contribution is 0.0838. The van der Waals surface area contributed by atoms with Gasteiger partial charge in [0.25, 0.3) is 11.5 Å². The minimum absolute atomic E-state index is 0.159. The Bertz CT molecular complexity index is 1770. The average molecular weight is 565 g/mol. The third-order valence-electron chi connectivity index (χ3n) is 7.72. The van der Waals surface area contributed by atoms with Gasteiger partial charge in [0.1, 0.15) is 21.3 Å². The van der Waals surface area contributed by atoms with E-state index in [9.17, 15) is 14.7 Å². The van der Waals surface area contributed by atoms with E-state index < -0.39 is 6.10 Å². The fourth-order valence-corrected chi connectivity index (χ4v) is 6.44. The number of aliphatic hydroxyl groups is 2. The number of fused-ring (bicyclic) bond motifs is 5. The molecule has 6 rings (SSSR count). The van der Waals surface area contributed by atoms with E-state index in [-0.39, 0.29) is 23.6 Å². The van der Waals surface area contributed by atoms with Crippen molar-refractivity contribution in [3.05, 3.63) is 46.8 Å². The Morgan fingerprint density at radius 3 is 2.88 bits per heavy atom. The highest BCUT2D eigenvalue weighted by Crippen LogP contribution is 2.33. The first-order valence-corrected chi connectivity index (χ1v) is 14.2. The van der Waals surface area contributed by atoms with Crippen LogP contribution in [-0.2, 0) is 6.54 Å². The monoisotopic (exact) mass is 564 g/mol. The topological polar surface area (TPSA) is 154 Å². The van der Waals surface area contributed by atoms with Crippen LogP contribution >= 0.6 is 11.3 Å². The first-order valence-electron chi connectivity index (χ1n) is 13.4. The Labute approximate surface area is 233 Å². The van der Waals surface area contributed by atoms with Crippen molar-refractivity contribution in [2.24, 2.45) is 0 Å². The summed E-state index contributed by atoms with van der Waals surface area (Å²) in [6.07, 6.45) is 8.90. The fourth-order valence-electron chi connectivity index (χ4n) is 5.38. The molecule has 5 aromatic rings. The van der Waals surface area contributed by atoms with E-state index in [4.69, 9.17) is 5.11 Å². The first kappa shape index (κ1) is 26.6. The lowest BCUT2D eigenvalue weighted by Gasteiger charge is -2.31. The molecule has 0 saturated carbocycles. The molecule has 4 N–H and O–H groups in total. The molecule has 5 aromatic heterocycles. The summed E-state index contributed by atoms with van der Waals surface area (Å²) in [5.41, 5.74) is 2.58. The van der Waals surface area contributed by atoms with Crippen molar-refractivity contribution in [1.82, 2.24) is 39.6 Å². The molecule has 12 nitrogen and oxygen atoms in total. The van der Waals surface area contributed by atoms with Crippen molar-refractivity contribution in [3.8, 4) is 10.4 Å². The van der Waals surface area contributed by atoms with Crippen molar-refractivity contribution in [3.63, 3.8) is 0 Å². The van der Waals surface area contributed by atoms with Crippen LogP contribution in [0.3, 0.4) is 0 Å². The Morgan fingerprint density at radius 2 is 2.10 bits per heavy atom. The van der Waals surface area contributed by atoms with Crippen LogP contribution in [0, 0.1) is 0 Å². The number of H-pyrrole nitrogens is 1. The molecule has 13 heteroatoms. The lowest BCUT2D eigenvalue weighted by atomic mass is 10.0. The summed E-state index contributed by atoms with van der Waals surface area (Å²) in [6, 6.07) is 1.65. The van der Waals surface area contributed by atoms with Gasteiger partial charge in [-0.3, -0.25) is 24.2 Å². The molecule has 1 atom stereocenters. The van der Waals surface area contributed by atoms with Gasteiger partial charge in [0.15, 0.2) is 0 Å². The van der Waals surface area contributed by atoms with Gasteiger partial charge in [0.2, 0.25) is 0 Å². The number of aromatic amines is 1. The summed E-state index contributed by atoms with van der Waals surface area (Å²) >= 11 is 1.42. The Kier molecular flexibility index (Phi) is 6.90. The molecule has 1 fully saturated rings. The number of carbonyl (C=O) groups is 1. The Hall–Kier alpha value is -3.65. The van der Waals surface area contributed by atoms with Gasteiger partial charge < -0.3 is 20.5 Å². The van der Waals surface area contributed by atoms with E-state index in [0.717, 1.165) is 30.0 Å². The summed E-state index contributed by atoms with van der Waals surface area (Å²) in [5, 5.41) is 31.0. The number of hydrogen-bond acceptors (Lipinski definition) is 9. The SMILES string of the molecule is CC1(C)CCCN1CCNC(=O)c1cnc2c(c1)[nH]c(=O)c1c2nn2cc(-c3cnn(CCC(O)CO)c3)sc12. The van der Waals surface area contributed by atoms with Crippen molar-refractivity contribution in [2.75, 3.05) is 26.2 Å². The molecule has 0 bridgehead atoms. The van der Waals surface area contributed by atoms with Crippen LogP contribution in [0.4, 0.5) is 0 Å². The summed E-state index contributed by atoms with van der Waals surface area (Å²) < 4.78 is 3.38. The minimum Gasteiger partial charge on any atom is -0.394 e. The minimum atomic E-state index is -0.780. The molecule has 0 radical (unpaired) electrons. The largest absolute Gasteiger partial charge is 0.394 e. The van der Waals surface area contributed by atoms with Crippen LogP contribution in [0.15, 0.2) is 35.6 Å². The molecule has 1 unspecified atom stereocenters. The van der Waals surface area contributed by atoms with Crippen LogP contribution in [0.2, 0.25) is 0 Å².